The fourth-order valence-electron chi connectivity index (χ4n) is 2.32. The van der Waals surface area contributed by atoms with Crippen LogP contribution in [0.2, 0.25) is 0 Å². The second kappa shape index (κ2) is 7.20. The highest BCUT2D eigenvalue weighted by Gasteiger charge is 2.20. The minimum Gasteiger partial charge on any atom is -0.383 e. The topological polar surface area (TPSA) is 24.5 Å². The first kappa shape index (κ1) is 12.9. The average Bonchev–Trinajstić information content (AvgIpc) is 2.44. The molecule has 0 spiro atoms. The summed E-state index contributed by atoms with van der Waals surface area (Å²) in [6, 6.07) is 1.23. The van der Waals surface area contributed by atoms with Crippen LogP contribution in [0.15, 0.2) is 0 Å². The van der Waals surface area contributed by atoms with E-state index in [1.54, 1.807) is 7.11 Å². The van der Waals surface area contributed by atoms with Crippen LogP contribution in [0.4, 0.5) is 0 Å². The van der Waals surface area contributed by atoms with E-state index in [1.807, 2.05) is 0 Å². The fourth-order valence-corrected chi connectivity index (χ4v) is 2.32. The van der Waals surface area contributed by atoms with Gasteiger partial charge in [0.25, 0.3) is 0 Å². The van der Waals surface area contributed by atoms with Crippen LogP contribution in [0, 0.1) is 0 Å². The molecule has 0 aromatic heterocycles. The third-order valence-corrected chi connectivity index (χ3v) is 3.18. The largest absolute Gasteiger partial charge is 0.383 e. The summed E-state index contributed by atoms with van der Waals surface area (Å²) in [6.07, 6.45) is 3.81. The lowest BCUT2D eigenvalue weighted by molar-refractivity contribution is 0.0974. The van der Waals surface area contributed by atoms with Crippen LogP contribution in [-0.2, 0) is 4.74 Å². The second-order valence-corrected chi connectivity index (χ2v) is 4.59. The molecule has 0 amide bonds. The smallest absolute Gasteiger partial charge is 0.0615 e. The summed E-state index contributed by atoms with van der Waals surface area (Å²) in [5.41, 5.74) is 0. The zero-order valence-electron chi connectivity index (χ0n) is 10.5. The van der Waals surface area contributed by atoms with Crippen molar-refractivity contribution >= 4 is 0 Å². The van der Waals surface area contributed by atoms with E-state index in [9.17, 15) is 0 Å². The van der Waals surface area contributed by atoms with Gasteiger partial charge in [-0.15, -0.1) is 0 Å². The maximum atomic E-state index is 5.23. The van der Waals surface area contributed by atoms with E-state index in [4.69, 9.17) is 4.74 Å². The minimum atomic E-state index is 0.550. The number of nitrogens with one attached hydrogen (secondary N) is 1. The van der Waals surface area contributed by atoms with E-state index < -0.39 is 0 Å². The van der Waals surface area contributed by atoms with E-state index >= 15 is 0 Å². The molecular weight excluding hydrogens is 188 g/mol. The number of hydrogen-bond donors (Lipinski definition) is 1. The fraction of sp³-hybridized carbons (Fsp3) is 1.00. The lowest BCUT2D eigenvalue weighted by atomic mass is 10.1. The molecule has 0 saturated carbocycles. The molecule has 1 N–H and O–H groups in total. The summed E-state index contributed by atoms with van der Waals surface area (Å²) in [7, 11) is 1.79. The average molecular weight is 214 g/mol. The third kappa shape index (κ3) is 4.49. The maximum absolute atomic E-state index is 5.23. The molecule has 1 heterocycles. The van der Waals surface area contributed by atoms with Gasteiger partial charge in [0.15, 0.2) is 0 Å². The van der Waals surface area contributed by atoms with Gasteiger partial charge in [0.2, 0.25) is 0 Å². The van der Waals surface area contributed by atoms with Crippen LogP contribution < -0.4 is 5.32 Å². The first-order chi connectivity index (χ1) is 7.27. The van der Waals surface area contributed by atoms with E-state index in [0.717, 1.165) is 6.61 Å². The van der Waals surface area contributed by atoms with E-state index in [1.165, 1.54) is 38.9 Å². The highest BCUT2D eigenvalue weighted by atomic mass is 16.5. The van der Waals surface area contributed by atoms with Gasteiger partial charge in [-0.1, -0.05) is 13.3 Å². The Balaban J connectivity index is 2.41. The summed E-state index contributed by atoms with van der Waals surface area (Å²) in [4.78, 5) is 2.56. The predicted octanol–water partition coefficient (Wildman–Crippen LogP) is 1.49. The molecule has 1 aliphatic rings. The van der Waals surface area contributed by atoms with Crippen molar-refractivity contribution in [3.8, 4) is 0 Å². The molecule has 0 aromatic carbocycles. The van der Waals surface area contributed by atoms with Crippen molar-refractivity contribution in [1.82, 2.24) is 10.2 Å². The Morgan fingerprint density at radius 1 is 1.53 bits per heavy atom. The second-order valence-electron chi connectivity index (χ2n) is 4.59. The van der Waals surface area contributed by atoms with Crippen molar-refractivity contribution in [2.24, 2.45) is 0 Å². The van der Waals surface area contributed by atoms with Crippen LogP contribution in [0.3, 0.4) is 0 Å². The summed E-state index contributed by atoms with van der Waals surface area (Å²) in [6.45, 7) is 8.92. The number of rotatable bonds is 5. The summed E-state index contributed by atoms with van der Waals surface area (Å²) in [5.74, 6) is 0. The van der Waals surface area contributed by atoms with Crippen molar-refractivity contribution in [3.05, 3.63) is 0 Å². The predicted molar refractivity (Wildman–Crippen MR) is 64.2 cm³/mol. The van der Waals surface area contributed by atoms with Gasteiger partial charge in [0.1, 0.15) is 0 Å². The molecule has 1 fully saturated rings. The van der Waals surface area contributed by atoms with Gasteiger partial charge in [-0.3, -0.25) is 4.90 Å². The maximum Gasteiger partial charge on any atom is 0.0615 e. The van der Waals surface area contributed by atoms with Crippen molar-refractivity contribution in [3.63, 3.8) is 0 Å². The first-order valence-corrected chi connectivity index (χ1v) is 6.24. The number of nitrogens with zero attached hydrogens (tertiary/aromatic N) is 1. The monoisotopic (exact) mass is 214 g/mol. The highest BCUT2D eigenvalue weighted by molar-refractivity contribution is 4.79. The van der Waals surface area contributed by atoms with Crippen LogP contribution in [0.25, 0.3) is 0 Å². The van der Waals surface area contributed by atoms with E-state index in [0.29, 0.717) is 12.1 Å². The van der Waals surface area contributed by atoms with Gasteiger partial charge >= 0.3 is 0 Å². The Kier molecular flexibility index (Phi) is 6.22. The molecular formula is C12H26N2O. The summed E-state index contributed by atoms with van der Waals surface area (Å²) in [5, 5.41) is 3.63. The lowest BCUT2D eigenvalue weighted by Crippen LogP contribution is -2.43. The highest BCUT2D eigenvalue weighted by Crippen LogP contribution is 2.09. The van der Waals surface area contributed by atoms with Gasteiger partial charge in [0, 0.05) is 25.7 Å². The molecule has 1 rings (SSSR count). The molecule has 0 bridgehead atoms. The molecule has 1 saturated heterocycles. The third-order valence-electron chi connectivity index (χ3n) is 3.18. The van der Waals surface area contributed by atoms with Crippen molar-refractivity contribution in [1.29, 1.82) is 0 Å². The molecule has 2 unspecified atom stereocenters. The van der Waals surface area contributed by atoms with Crippen molar-refractivity contribution in [2.75, 3.05) is 33.4 Å². The van der Waals surface area contributed by atoms with Crippen LogP contribution in [0.5, 0.6) is 0 Å². The quantitative estimate of drug-likeness (QED) is 0.750. The Morgan fingerprint density at radius 2 is 2.33 bits per heavy atom. The van der Waals surface area contributed by atoms with Gasteiger partial charge in [-0.25, -0.2) is 0 Å². The van der Waals surface area contributed by atoms with Gasteiger partial charge in [0.05, 0.1) is 6.61 Å². The standard InChI is InChI=1S/C12H26N2O/c1-4-6-12-9-14(8-5-7-13-12)11(2)10-15-3/h11-13H,4-10H2,1-3H3. The van der Waals surface area contributed by atoms with Crippen molar-refractivity contribution in [2.45, 2.75) is 45.2 Å². The number of methoxy groups -OCH3 is 1. The Bertz CT molecular complexity index is 164. The minimum absolute atomic E-state index is 0.550. The van der Waals surface area contributed by atoms with E-state index in [-0.39, 0.29) is 0 Å². The SMILES string of the molecule is CCCC1CN(C(C)COC)CCCN1. The number of hydrogen-bond acceptors (Lipinski definition) is 3. The molecule has 0 radical (unpaired) electrons. The zero-order valence-corrected chi connectivity index (χ0v) is 10.5. The van der Waals surface area contributed by atoms with E-state index in [2.05, 4.69) is 24.1 Å². The van der Waals surface area contributed by atoms with Crippen LogP contribution in [0.1, 0.15) is 33.1 Å². The molecule has 0 aliphatic carbocycles. The molecule has 3 nitrogen and oxygen atoms in total. The van der Waals surface area contributed by atoms with Gasteiger partial charge in [-0.2, -0.15) is 0 Å². The Hall–Kier alpha value is -0.120. The van der Waals surface area contributed by atoms with Gasteiger partial charge < -0.3 is 10.1 Å². The Labute approximate surface area is 94.2 Å². The van der Waals surface area contributed by atoms with Crippen molar-refractivity contribution < 1.29 is 4.74 Å². The lowest BCUT2D eigenvalue weighted by Gasteiger charge is -2.29. The van der Waals surface area contributed by atoms with Crippen LogP contribution in [-0.4, -0.2) is 50.3 Å². The van der Waals surface area contributed by atoms with Crippen LogP contribution >= 0.6 is 0 Å². The zero-order chi connectivity index (χ0) is 11.1. The molecule has 15 heavy (non-hydrogen) atoms. The summed E-state index contributed by atoms with van der Waals surface area (Å²) >= 11 is 0. The first-order valence-electron chi connectivity index (χ1n) is 6.24. The normalized spacial score (nSPS) is 26.2. The molecule has 0 aromatic rings. The molecule has 90 valence electrons. The molecule has 1 aliphatic heterocycles. The summed E-state index contributed by atoms with van der Waals surface area (Å²) < 4.78 is 5.23. The number of ether oxygens (including phenoxy) is 1. The molecule has 2 atom stereocenters. The Morgan fingerprint density at radius 3 is 3.00 bits per heavy atom. The van der Waals surface area contributed by atoms with Gasteiger partial charge in [-0.05, 0) is 32.9 Å². The molecule has 3 heteroatoms.